The molecule has 0 radical (unpaired) electrons. The topological polar surface area (TPSA) is 20.3 Å². The molecule has 6 heteroatoms. The number of carbonyl (C=O) groups excluding carboxylic acids is 1. The molecule has 0 saturated carbocycles. The molecule has 1 heterocycles. The van der Waals surface area contributed by atoms with Crippen LogP contribution >= 0.6 is 54.8 Å². The molecule has 100 valence electrons. The summed E-state index contributed by atoms with van der Waals surface area (Å²) in [5.74, 6) is -0.0427. The van der Waals surface area contributed by atoms with Gasteiger partial charge in [0.1, 0.15) is 0 Å². The van der Waals surface area contributed by atoms with Gasteiger partial charge in [-0.15, -0.1) is 11.3 Å². The van der Waals surface area contributed by atoms with E-state index in [0.717, 1.165) is 13.8 Å². The molecule has 0 aliphatic rings. The maximum Gasteiger partial charge on any atom is 0.253 e. The molecule has 1 amide bonds. The number of hydrogen-bond donors (Lipinski definition) is 0. The standard InChI is InChI=1S/C13H10Br2ClNOS/c1-17(6-10-5-9(14)7-19-10)13(18)8-2-3-11(15)12(16)4-8/h2-5,7H,6H2,1H3. The lowest BCUT2D eigenvalue weighted by Crippen LogP contribution is -2.25. The Morgan fingerprint density at radius 1 is 1.37 bits per heavy atom. The average Bonchev–Trinajstić information content (AvgIpc) is 2.77. The fourth-order valence-electron chi connectivity index (χ4n) is 1.59. The van der Waals surface area contributed by atoms with E-state index in [9.17, 15) is 4.79 Å². The van der Waals surface area contributed by atoms with E-state index < -0.39 is 0 Å². The van der Waals surface area contributed by atoms with E-state index in [1.807, 2.05) is 11.4 Å². The van der Waals surface area contributed by atoms with E-state index in [-0.39, 0.29) is 5.91 Å². The molecule has 1 aromatic carbocycles. The van der Waals surface area contributed by atoms with Crippen LogP contribution in [0, 0.1) is 0 Å². The second-order valence-corrected chi connectivity index (χ2v) is 7.19. The Kier molecular flexibility index (Phi) is 5.06. The van der Waals surface area contributed by atoms with Crippen LogP contribution in [-0.2, 0) is 6.54 Å². The van der Waals surface area contributed by atoms with Crippen molar-refractivity contribution in [1.29, 1.82) is 0 Å². The van der Waals surface area contributed by atoms with Gasteiger partial charge in [0.05, 0.1) is 11.6 Å². The van der Waals surface area contributed by atoms with E-state index in [1.165, 1.54) is 0 Å². The monoisotopic (exact) mass is 421 g/mol. The molecular formula is C13H10Br2ClNOS. The van der Waals surface area contributed by atoms with Gasteiger partial charge in [0, 0.05) is 31.8 Å². The number of hydrogen-bond acceptors (Lipinski definition) is 2. The highest BCUT2D eigenvalue weighted by molar-refractivity contribution is 9.10. The predicted octanol–water partition coefficient (Wildman–Crippen LogP) is 5.20. The second-order valence-electron chi connectivity index (χ2n) is 4.02. The van der Waals surface area contributed by atoms with Gasteiger partial charge in [0.15, 0.2) is 0 Å². The number of rotatable bonds is 3. The zero-order valence-corrected chi connectivity index (χ0v) is 14.7. The van der Waals surface area contributed by atoms with Crippen LogP contribution in [0.2, 0.25) is 5.02 Å². The molecule has 19 heavy (non-hydrogen) atoms. The molecule has 2 aromatic rings. The van der Waals surface area contributed by atoms with Gasteiger partial charge >= 0.3 is 0 Å². The molecule has 0 atom stereocenters. The van der Waals surface area contributed by atoms with Crippen molar-refractivity contribution in [2.45, 2.75) is 6.54 Å². The SMILES string of the molecule is CN(Cc1cc(Br)cs1)C(=O)c1ccc(Br)c(Cl)c1. The van der Waals surface area contributed by atoms with Gasteiger partial charge in [-0.05, 0) is 56.1 Å². The van der Waals surface area contributed by atoms with E-state index in [2.05, 4.69) is 31.9 Å². The number of benzene rings is 1. The lowest BCUT2D eigenvalue weighted by atomic mass is 10.2. The Bertz CT molecular complexity index is 614. The van der Waals surface area contributed by atoms with Crippen molar-refractivity contribution in [2.24, 2.45) is 0 Å². The van der Waals surface area contributed by atoms with Gasteiger partial charge < -0.3 is 4.90 Å². The van der Waals surface area contributed by atoms with Crippen LogP contribution in [0.3, 0.4) is 0 Å². The molecule has 0 fully saturated rings. The maximum atomic E-state index is 12.3. The van der Waals surface area contributed by atoms with Crippen molar-refractivity contribution in [1.82, 2.24) is 4.90 Å². The van der Waals surface area contributed by atoms with Crippen molar-refractivity contribution in [2.75, 3.05) is 7.05 Å². The van der Waals surface area contributed by atoms with Crippen molar-refractivity contribution >= 4 is 60.7 Å². The summed E-state index contributed by atoms with van der Waals surface area (Å²) in [5, 5.41) is 2.54. The van der Waals surface area contributed by atoms with E-state index in [1.54, 1.807) is 41.5 Å². The minimum Gasteiger partial charge on any atom is -0.337 e. The normalized spacial score (nSPS) is 10.5. The van der Waals surface area contributed by atoms with Crippen LogP contribution in [-0.4, -0.2) is 17.9 Å². The van der Waals surface area contributed by atoms with Crippen molar-refractivity contribution in [3.8, 4) is 0 Å². The highest BCUT2D eigenvalue weighted by Crippen LogP contribution is 2.25. The van der Waals surface area contributed by atoms with Crippen molar-refractivity contribution in [3.05, 3.63) is 54.1 Å². The summed E-state index contributed by atoms with van der Waals surface area (Å²) in [5.41, 5.74) is 0.589. The van der Waals surface area contributed by atoms with Gasteiger partial charge in [-0.1, -0.05) is 11.6 Å². The maximum absolute atomic E-state index is 12.3. The highest BCUT2D eigenvalue weighted by Gasteiger charge is 2.14. The molecule has 0 N–H and O–H groups in total. The highest BCUT2D eigenvalue weighted by atomic mass is 79.9. The Hall–Kier alpha value is -0.360. The Labute approximate surface area is 137 Å². The average molecular weight is 424 g/mol. The first-order valence-electron chi connectivity index (χ1n) is 5.41. The molecule has 0 unspecified atom stereocenters. The number of carbonyl (C=O) groups is 1. The fourth-order valence-corrected chi connectivity index (χ4v) is 3.52. The summed E-state index contributed by atoms with van der Waals surface area (Å²) < 4.78 is 1.83. The van der Waals surface area contributed by atoms with Crippen LogP contribution in [0.15, 0.2) is 38.6 Å². The van der Waals surface area contributed by atoms with Crippen LogP contribution in [0.1, 0.15) is 15.2 Å². The largest absolute Gasteiger partial charge is 0.337 e. The Morgan fingerprint density at radius 2 is 2.11 bits per heavy atom. The molecule has 0 spiro atoms. The first-order valence-corrected chi connectivity index (χ1v) is 8.25. The van der Waals surface area contributed by atoms with Gasteiger partial charge in [-0.3, -0.25) is 4.79 Å². The predicted molar refractivity (Wildman–Crippen MR) is 87.0 cm³/mol. The lowest BCUT2D eigenvalue weighted by molar-refractivity contribution is 0.0786. The van der Waals surface area contributed by atoms with E-state index >= 15 is 0 Å². The second kappa shape index (κ2) is 6.39. The summed E-state index contributed by atoms with van der Waals surface area (Å²) >= 11 is 14.3. The minimum absolute atomic E-state index is 0.0427. The number of nitrogens with zero attached hydrogens (tertiary/aromatic N) is 1. The van der Waals surface area contributed by atoms with Gasteiger partial charge in [0.25, 0.3) is 5.91 Å². The summed E-state index contributed by atoms with van der Waals surface area (Å²) in [7, 11) is 1.78. The minimum atomic E-state index is -0.0427. The number of amides is 1. The first-order chi connectivity index (χ1) is 8.97. The number of halogens is 3. The van der Waals surface area contributed by atoms with Gasteiger partial charge in [-0.25, -0.2) is 0 Å². The molecule has 0 bridgehead atoms. The molecule has 1 aromatic heterocycles. The molecule has 0 saturated heterocycles. The zero-order valence-electron chi connectivity index (χ0n) is 9.99. The summed E-state index contributed by atoms with van der Waals surface area (Å²) in [4.78, 5) is 15.1. The first kappa shape index (κ1) is 15.0. The molecule has 2 rings (SSSR count). The third kappa shape index (κ3) is 3.81. The third-order valence-electron chi connectivity index (χ3n) is 2.53. The fraction of sp³-hybridized carbons (Fsp3) is 0.154. The smallest absolute Gasteiger partial charge is 0.253 e. The van der Waals surface area contributed by atoms with Gasteiger partial charge in [0.2, 0.25) is 0 Å². The lowest BCUT2D eigenvalue weighted by Gasteiger charge is -2.16. The summed E-state index contributed by atoms with van der Waals surface area (Å²) in [6.07, 6.45) is 0. The summed E-state index contributed by atoms with van der Waals surface area (Å²) in [6, 6.07) is 7.24. The quantitative estimate of drug-likeness (QED) is 0.665. The van der Waals surface area contributed by atoms with E-state index in [0.29, 0.717) is 17.1 Å². The molecule has 2 nitrogen and oxygen atoms in total. The Morgan fingerprint density at radius 3 is 2.68 bits per heavy atom. The van der Waals surface area contributed by atoms with Crippen LogP contribution < -0.4 is 0 Å². The van der Waals surface area contributed by atoms with Gasteiger partial charge in [-0.2, -0.15) is 0 Å². The Balaban J connectivity index is 2.12. The zero-order chi connectivity index (χ0) is 14.0. The molecular weight excluding hydrogens is 413 g/mol. The number of thiophene rings is 1. The van der Waals surface area contributed by atoms with Crippen LogP contribution in [0.25, 0.3) is 0 Å². The molecule has 0 aliphatic heterocycles. The van der Waals surface area contributed by atoms with Crippen LogP contribution in [0.4, 0.5) is 0 Å². The third-order valence-corrected chi connectivity index (χ3v) is 5.44. The summed E-state index contributed by atoms with van der Waals surface area (Å²) in [6.45, 7) is 0.586. The van der Waals surface area contributed by atoms with Crippen molar-refractivity contribution < 1.29 is 4.79 Å². The van der Waals surface area contributed by atoms with Crippen LogP contribution in [0.5, 0.6) is 0 Å². The molecule has 0 aliphatic carbocycles. The van der Waals surface area contributed by atoms with E-state index in [4.69, 9.17) is 11.6 Å². The van der Waals surface area contributed by atoms with Crippen molar-refractivity contribution in [3.63, 3.8) is 0 Å².